The molecular formula is C16H22ClN3. The standard InChI is InChI=1S/C16H22ClN3/c1-4-10-18-16(15-9-11-19-20(15)5-2)13-7-6-8-14(17)12(13)3/h6-9,11,16,18H,4-5,10H2,1-3H3. The lowest BCUT2D eigenvalue weighted by Gasteiger charge is -2.22. The number of rotatable bonds is 6. The van der Waals surface area contributed by atoms with Crippen LogP contribution in [0.1, 0.15) is 43.1 Å². The molecule has 4 heteroatoms. The van der Waals surface area contributed by atoms with Crippen LogP contribution >= 0.6 is 11.6 Å². The SMILES string of the molecule is CCCNC(c1cccc(Cl)c1C)c1ccnn1CC. The van der Waals surface area contributed by atoms with Crippen LogP contribution in [0.3, 0.4) is 0 Å². The minimum Gasteiger partial charge on any atom is -0.305 e. The van der Waals surface area contributed by atoms with Gasteiger partial charge >= 0.3 is 0 Å². The van der Waals surface area contributed by atoms with E-state index in [4.69, 9.17) is 11.6 Å². The van der Waals surface area contributed by atoms with E-state index >= 15 is 0 Å². The normalized spacial score (nSPS) is 12.6. The highest BCUT2D eigenvalue weighted by molar-refractivity contribution is 6.31. The number of aryl methyl sites for hydroxylation is 1. The van der Waals surface area contributed by atoms with Gasteiger partial charge in [0.25, 0.3) is 0 Å². The van der Waals surface area contributed by atoms with Crippen molar-refractivity contribution in [1.82, 2.24) is 15.1 Å². The van der Waals surface area contributed by atoms with Crippen LogP contribution in [0.5, 0.6) is 0 Å². The van der Waals surface area contributed by atoms with Gasteiger partial charge in [-0.25, -0.2) is 0 Å². The summed E-state index contributed by atoms with van der Waals surface area (Å²) in [5, 5.41) is 8.81. The Kier molecular flexibility index (Phi) is 5.21. The molecule has 0 bridgehead atoms. The summed E-state index contributed by atoms with van der Waals surface area (Å²) in [6.07, 6.45) is 2.95. The molecule has 0 saturated heterocycles. The maximum Gasteiger partial charge on any atom is 0.0751 e. The first-order valence-corrected chi connectivity index (χ1v) is 7.56. The topological polar surface area (TPSA) is 29.9 Å². The second-order valence-corrected chi connectivity index (χ2v) is 5.32. The monoisotopic (exact) mass is 291 g/mol. The van der Waals surface area contributed by atoms with Crippen LogP contribution in [-0.4, -0.2) is 16.3 Å². The fourth-order valence-electron chi connectivity index (χ4n) is 2.45. The Balaban J connectivity index is 2.44. The smallest absolute Gasteiger partial charge is 0.0751 e. The van der Waals surface area contributed by atoms with E-state index < -0.39 is 0 Å². The zero-order valence-electron chi connectivity index (χ0n) is 12.4. The van der Waals surface area contributed by atoms with Crippen LogP contribution in [0.2, 0.25) is 5.02 Å². The van der Waals surface area contributed by atoms with Crippen LogP contribution in [0.25, 0.3) is 0 Å². The van der Waals surface area contributed by atoms with Crippen LogP contribution in [0, 0.1) is 6.92 Å². The van der Waals surface area contributed by atoms with Crippen molar-refractivity contribution in [3.63, 3.8) is 0 Å². The third kappa shape index (κ3) is 3.05. The van der Waals surface area contributed by atoms with Gasteiger partial charge in [0, 0.05) is 17.8 Å². The summed E-state index contributed by atoms with van der Waals surface area (Å²) in [7, 11) is 0. The molecule has 1 N–H and O–H groups in total. The van der Waals surface area contributed by atoms with E-state index in [0.29, 0.717) is 0 Å². The molecular weight excluding hydrogens is 270 g/mol. The fraction of sp³-hybridized carbons (Fsp3) is 0.438. The van der Waals surface area contributed by atoms with Gasteiger partial charge in [-0.15, -0.1) is 0 Å². The predicted molar refractivity (Wildman–Crippen MR) is 84.2 cm³/mol. The molecule has 0 aliphatic heterocycles. The molecule has 0 fully saturated rings. The number of nitrogens with one attached hydrogen (secondary N) is 1. The van der Waals surface area contributed by atoms with E-state index in [1.165, 1.54) is 11.3 Å². The second kappa shape index (κ2) is 6.91. The average Bonchev–Trinajstić information content (AvgIpc) is 2.92. The Morgan fingerprint density at radius 3 is 2.80 bits per heavy atom. The van der Waals surface area contributed by atoms with Crippen molar-refractivity contribution in [2.45, 2.75) is 39.8 Å². The summed E-state index contributed by atoms with van der Waals surface area (Å²) < 4.78 is 2.04. The van der Waals surface area contributed by atoms with Crippen molar-refractivity contribution in [2.75, 3.05) is 6.54 Å². The lowest BCUT2D eigenvalue weighted by atomic mass is 9.98. The Bertz CT molecular complexity index is 563. The van der Waals surface area contributed by atoms with Gasteiger partial charge in [-0.3, -0.25) is 4.68 Å². The molecule has 20 heavy (non-hydrogen) atoms. The molecule has 1 atom stereocenters. The van der Waals surface area contributed by atoms with Gasteiger partial charge in [0.1, 0.15) is 0 Å². The average molecular weight is 292 g/mol. The summed E-state index contributed by atoms with van der Waals surface area (Å²) in [5.74, 6) is 0. The van der Waals surface area contributed by atoms with Crippen molar-refractivity contribution in [1.29, 1.82) is 0 Å². The van der Waals surface area contributed by atoms with E-state index in [-0.39, 0.29) is 6.04 Å². The molecule has 1 aromatic heterocycles. The largest absolute Gasteiger partial charge is 0.305 e. The number of hydrogen-bond acceptors (Lipinski definition) is 2. The van der Waals surface area contributed by atoms with Gasteiger partial charge in [0.05, 0.1) is 11.7 Å². The van der Waals surface area contributed by atoms with Crippen LogP contribution in [0.15, 0.2) is 30.5 Å². The summed E-state index contributed by atoms with van der Waals surface area (Å²) in [6, 6.07) is 8.31. The Labute approximate surface area is 126 Å². The van der Waals surface area contributed by atoms with Crippen molar-refractivity contribution < 1.29 is 0 Å². The number of halogens is 1. The predicted octanol–water partition coefficient (Wildman–Crippen LogP) is 3.95. The Morgan fingerprint density at radius 1 is 1.30 bits per heavy atom. The highest BCUT2D eigenvalue weighted by Gasteiger charge is 2.19. The number of hydrogen-bond donors (Lipinski definition) is 1. The van der Waals surface area contributed by atoms with E-state index in [9.17, 15) is 0 Å². The third-order valence-electron chi connectivity index (χ3n) is 3.56. The van der Waals surface area contributed by atoms with Gasteiger partial charge < -0.3 is 5.32 Å². The summed E-state index contributed by atoms with van der Waals surface area (Å²) in [5.41, 5.74) is 3.54. The molecule has 108 valence electrons. The number of aromatic nitrogens is 2. The zero-order valence-corrected chi connectivity index (χ0v) is 13.1. The summed E-state index contributed by atoms with van der Waals surface area (Å²) >= 11 is 6.28. The number of benzene rings is 1. The molecule has 0 amide bonds. The highest BCUT2D eigenvalue weighted by atomic mass is 35.5. The maximum absolute atomic E-state index is 6.28. The second-order valence-electron chi connectivity index (χ2n) is 4.91. The van der Waals surface area contributed by atoms with Crippen LogP contribution < -0.4 is 5.32 Å². The molecule has 0 radical (unpaired) electrons. The van der Waals surface area contributed by atoms with E-state index in [2.05, 4.69) is 43.3 Å². The molecule has 0 aliphatic carbocycles. The minimum atomic E-state index is 0.135. The summed E-state index contributed by atoms with van der Waals surface area (Å²) in [6.45, 7) is 8.19. The van der Waals surface area contributed by atoms with E-state index in [0.717, 1.165) is 30.1 Å². The molecule has 2 rings (SSSR count). The minimum absolute atomic E-state index is 0.135. The molecule has 0 aliphatic rings. The lowest BCUT2D eigenvalue weighted by molar-refractivity contribution is 0.528. The van der Waals surface area contributed by atoms with Gasteiger partial charge in [-0.2, -0.15) is 5.10 Å². The molecule has 1 unspecified atom stereocenters. The molecule has 3 nitrogen and oxygen atoms in total. The van der Waals surface area contributed by atoms with Crippen molar-refractivity contribution in [3.8, 4) is 0 Å². The summed E-state index contributed by atoms with van der Waals surface area (Å²) in [4.78, 5) is 0. The molecule has 2 aromatic rings. The molecule has 0 saturated carbocycles. The van der Waals surface area contributed by atoms with Crippen molar-refractivity contribution in [3.05, 3.63) is 52.3 Å². The van der Waals surface area contributed by atoms with Gasteiger partial charge in [0.2, 0.25) is 0 Å². The van der Waals surface area contributed by atoms with Gasteiger partial charge in [-0.05, 0) is 50.1 Å². The van der Waals surface area contributed by atoms with E-state index in [1.54, 1.807) is 0 Å². The molecule has 1 heterocycles. The van der Waals surface area contributed by atoms with Crippen molar-refractivity contribution >= 4 is 11.6 Å². The van der Waals surface area contributed by atoms with Crippen LogP contribution in [-0.2, 0) is 6.54 Å². The van der Waals surface area contributed by atoms with Gasteiger partial charge in [0.15, 0.2) is 0 Å². The number of nitrogens with zero attached hydrogens (tertiary/aromatic N) is 2. The lowest BCUT2D eigenvalue weighted by Crippen LogP contribution is -2.26. The first-order valence-electron chi connectivity index (χ1n) is 7.19. The molecule has 0 spiro atoms. The van der Waals surface area contributed by atoms with E-state index in [1.807, 2.05) is 23.0 Å². The Morgan fingerprint density at radius 2 is 2.10 bits per heavy atom. The first-order chi connectivity index (χ1) is 9.69. The van der Waals surface area contributed by atoms with Gasteiger partial charge in [-0.1, -0.05) is 30.7 Å². The molecule has 1 aromatic carbocycles. The van der Waals surface area contributed by atoms with Crippen molar-refractivity contribution in [2.24, 2.45) is 0 Å². The quantitative estimate of drug-likeness (QED) is 0.873. The third-order valence-corrected chi connectivity index (χ3v) is 3.97. The zero-order chi connectivity index (χ0) is 14.5. The fourth-order valence-corrected chi connectivity index (χ4v) is 2.63. The maximum atomic E-state index is 6.28. The van der Waals surface area contributed by atoms with Crippen LogP contribution in [0.4, 0.5) is 0 Å². The first kappa shape index (κ1) is 15.1. The Hall–Kier alpha value is -1.32. The highest BCUT2D eigenvalue weighted by Crippen LogP contribution is 2.28.